The Bertz CT molecular complexity index is 1220. The number of ether oxygens (including phenoxy) is 1. The Labute approximate surface area is 192 Å². The van der Waals surface area contributed by atoms with Gasteiger partial charge in [0.2, 0.25) is 0 Å². The maximum absolute atomic E-state index is 13.8. The molecule has 1 unspecified atom stereocenters. The predicted molar refractivity (Wildman–Crippen MR) is 121 cm³/mol. The van der Waals surface area contributed by atoms with Gasteiger partial charge < -0.3 is 10.1 Å². The third-order valence-electron chi connectivity index (χ3n) is 5.37. The molecule has 1 saturated heterocycles. The van der Waals surface area contributed by atoms with Crippen molar-refractivity contribution in [1.29, 1.82) is 5.41 Å². The Morgan fingerprint density at radius 2 is 1.81 bits per heavy atom. The number of guanidine groups is 1. The lowest BCUT2D eigenvalue weighted by molar-refractivity contribution is -0.130. The molecular weight excluding hydrogens is 477 g/mol. The quantitative estimate of drug-likeness (QED) is 0.520. The molecule has 1 atom stereocenters. The Hall–Kier alpha value is -3.52. The summed E-state index contributed by atoms with van der Waals surface area (Å²) in [6, 6.07) is 19.6. The average Bonchev–Trinajstić information content (AvgIpc) is 3.05. The van der Waals surface area contributed by atoms with Crippen LogP contribution in [0.3, 0.4) is 0 Å². The number of rotatable bonds is 5. The third-order valence-corrected chi connectivity index (χ3v) is 5.86. The zero-order valence-electron chi connectivity index (χ0n) is 17.1. The van der Waals surface area contributed by atoms with Gasteiger partial charge in [0.1, 0.15) is 5.82 Å². The van der Waals surface area contributed by atoms with Crippen molar-refractivity contribution in [3.8, 4) is 0 Å². The van der Waals surface area contributed by atoms with Crippen molar-refractivity contribution < 1.29 is 18.7 Å². The molecule has 162 valence electrons. The summed E-state index contributed by atoms with van der Waals surface area (Å²) >= 11 is 3.44. The molecule has 1 fully saturated rings. The highest BCUT2D eigenvalue weighted by Crippen LogP contribution is 2.37. The van der Waals surface area contributed by atoms with Crippen molar-refractivity contribution in [1.82, 2.24) is 10.2 Å². The molecule has 1 aliphatic heterocycles. The second-order valence-electron chi connectivity index (χ2n) is 7.32. The summed E-state index contributed by atoms with van der Waals surface area (Å²) in [5.74, 6) is -1.38. The molecule has 0 bridgehead atoms. The van der Waals surface area contributed by atoms with Gasteiger partial charge in [0.25, 0.3) is 5.91 Å². The van der Waals surface area contributed by atoms with Gasteiger partial charge in [-0.05, 0) is 53.1 Å². The molecule has 0 aromatic heterocycles. The minimum Gasteiger partial charge on any atom is -0.465 e. The van der Waals surface area contributed by atoms with Crippen molar-refractivity contribution >= 4 is 33.8 Å². The van der Waals surface area contributed by atoms with Crippen LogP contribution < -0.4 is 5.32 Å². The minimum atomic E-state index is -1.39. The van der Waals surface area contributed by atoms with E-state index in [9.17, 15) is 14.0 Å². The van der Waals surface area contributed by atoms with Crippen LogP contribution in [-0.2, 0) is 21.6 Å². The van der Waals surface area contributed by atoms with Gasteiger partial charge >= 0.3 is 5.97 Å². The zero-order chi connectivity index (χ0) is 22.9. The van der Waals surface area contributed by atoms with Gasteiger partial charge in [0, 0.05) is 4.47 Å². The number of nitrogens with one attached hydrogen (secondary N) is 2. The van der Waals surface area contributed by atoms with E-state index in [0.29, 0.717) is 22.3 Å². The molecule has 3 aromatic carbocycles. The van der Waals surface area contributed by atoms with E-state index in [4.69, 9.17) is 10.1 Å². The normalized spacial score (nSPS) is 17.9. The second-order valence-corrected chi connectivity index (χ2v) is 8.24. The maximum Gasteiger partial charge on any atom is 0.337 e. The van der Waals surface area contributed by atoms with Crippen molar-refractivity contribution in [2.45, 2.75) is 12.1 Å². The highest BCUT2D eigenvalue weighted by atomic mass is 79.9. The molecule has 0 radical (unpaired) electrons. The van der Waals surface area contributed by atoms with E-state index in [2.05, 4.69) is 21.2 Å². The number of carbonyl (C=O) groups excluding carboxylic acids is 2. The van der Waals surface area contributed by atoms with Gasteiger partial charge in [-0.3, -0.25) is 15.1 Å². The molecule has 8 heteroatoms. The number of hydrogen-bond acceptors (Lipinski definition) is 4. The number of benzene rings is 3. The Morgan fingerprint density at radius 3 is 2.50 bits per heavy atom. The number of esters is 1. The second kappa shape index (κ2) is 8.55. The molecule has 4 rings (SSSR count). The fourth-order valence-corrected chi connectivity index (χ4v) is 4.23. The van der Waals surface area contributed by atoms with E-state index in [1.54, 1.807) is 42.5 Å². The van der Waals surface area contributed by atoms with Crippen molar-refractivity contribution in [2.24, 2.45) is 0 Å². The highest BCUT2D eigenvalue weighted by Gasteiger charge is 2.52. The number of nitrogens with zero attached hydrogens (tertiary/aromatic N) is 1. The molecule has 3 aromatic rings. The van der Waals surface area contributed by atoms with Crippen LogP contribution in [-0.4, -0.2) is 29.8 Å². The van der Waals surface area contributed by atoms with Crippen LogP contribution in [0, 0.1) is 11.2 Å². The van der Waals surface area contributed by atoms with E-state index >= 15 is 0 Å². The fourth-order valence-electron chi connectivity index (χ4n) is 3.83. The molecule has 32 heavy (non-hydrogen) atoms. The van der Waals surface area contributed by atoms with E-state index in [1.165, 1.54) is 36.3 Å². The van der Waals surface area contributed by atoms with Gasteiger partial charge in [0.15, 0.2) is 11.5 Å². The summed E-state index contributed by atoms with van der Waals surface area (Å²) in [6.07, 6.45) is 0. The Kier molecular flexibility index (Phi) is 5.80. The van der Waals surface area contributed by atoms with Gasteiger partial charge in [-0.25, -0.2) is 9.18 Å². The number of carbonyl (C=O) groups is 2. The van der Waals surface area contributed by atoms with Gasteiger partial charge in [-0.2, -0.15) is 0 Å². The smallest absolute Gasteiger partial charge is 0.337 e. The van der Waals surface area contributed by atoms with E-state index in [-0.39, 0.29) is 18.4 Å². The van der Waals surface area contributed by atoms with Gasteiger partial charge in [-0.15, -0.1) is 0 Å². The molecule has 1 amide bonds. The largest absolute Gasteiger partial charge is 0.465 e. The number of halogens is 2. The standard InChI is InChI=1S/C24H19BrFN3O3/c1-32-21(30)16-5-2-4-15(12-16)14-29-22(31)24(28-23(29)27,17-8-10-20(26)11-9-17)18-6-3-7-19(25)13-18/h2-13H,14H2,1H3,(H2,27,28). The van der Waals surface area contributed by atoms with E-state index < -0.39 is 17.3 Å². The molecule has 6 nitrogen and oxygen atoms in total. The summed E-state index contributed by atoms with van der Waals surface area (Å²) in [7, 11) is 1.30. The van der Waals surface area contributed by atoms with Gasteiger partial charge in [0.05, 0.1) is 19.2 Å². The lowest BCUT2D eigenvalue weighted by Crippen LogP contribution is -2.45. The Morgan fingerprint density at radius 1 is 1.09 bits per heavy atom. The summed E-state index contributed by atoms with van der Waals surface area (Å²) in [4.78, 5) is 27.0. The average molecular weight is 496 g/mol. The van der Waals surface area contributed by atoms with E-state index in [1.807, 2.05) is 6.07 Å². The third kappa shape index (κ3) is 3.78. The zero-order valence-corrected chi connectivity index (χ0v) is 18.6. The van der Waals surface area contributed by atoms with Crippen LogP contribution >= 0.6 is 15.9 Å². The van der Waals surface area contributed by atoms with Crippen LogP contribution in [0.4, 0.5) is 4.39 Å². The van der Waals surface area contributed by atoms with Crippen molar-refractivity contribution in [2.75, 3.05) is 7.11 Å². The topological polar surface area (TPSA) is 82.5 Å². The highest BCUT2D eigenvalue weighted by molar-refractivity contribution is 9.10. The summed E-state index contributed by atoms with van der Waals surface area (Å²) in [6.45, 7) is 0.0758. The van der Waals surface area contributed by atoms with Crippen LogP contribution in [0.25, 0.3) is 0 Å². The lowest BCUT2D eigenvalue weighted by Gasteiger charge is -2.28. The first-order chi connectivity index (χ1) is 15.3. The first kappa shape index (κ1) is 21.7. The van der Waals surface area contributed by atoms with Crippen molar-refractivity contribution in [3.63, 3.8) is 0 Å². The molecule has 1 aliphatic rings. The first-order valence-corrected chi connectivity index (χ1v) is 10.5. The van der Waals surface area contributed by atoms with Crippen LogP contribution in [0.1, 0.15) is 27.0 Å². The molecule has 0 aliphatic carbocycles. The van der Waals surface area contributed by atoms with Crippen LogP contribution in [0.15, 0.2) is 77.3 Å². The molecule has 0 spiro atoms. The SMILES string of the molecule is COC(=O)c1cccc(CN2C(=N)NC(c3ccc(F)cc3)(c3cccc(Br)c3)C2=O)c1. The predicted octanol–water partition coefficient (Wildman–Crippen LogP) is 4.19. The molecular formula is C24H19BrFN3O3. The summed E-state index contributed by atoms with van der Waals surface area (Å²) in [5.41, 5.74) is 0.746. The van der Waals surface area contributed by atoms with Crippen molar-refractivity contribution in [3.05, 3.63) is 105 Å². The molecule has 2 N–H and O–H groups in total. The maximum atomic E-state index is 13.8. The monoisotopic (exact) mass is 495 g/mol. The first-order valence-electron chi connectivity index (χ1n) is 9.73. The fraction of sp³-hybridized carbons (Fsp3) is 0.125. The Balaban J connectivity index is 1.77. The van der Waals surface area contributed by atoms with Crippen LogP contribution in [0.5, 0.6) is 0 Å². The van der Waals surface area contributed by atoms with E-state index in [0.717, 1.165) is 4.47 Å². The molecule has 1 heterocycles. The lowest BCUT2D eigenvalue weighted by atomic mass is 9.82. The minimum absolute atomic E-state index is 0.0758. The van der Waals surface area contributed by atoms with Crippen LogP contribution in [0.2, 0.25) is 0 Å². The summed E-state index contributed by atoms with van der Waals surface area (Å²) < 4.78 is 19.2. The number of methoxy groups -OCH3 is 1. The number of amides is 1. The molecule has 0 saturated carbocycles. The summed E-state index contributed by atoms with van der Waals surface area (Å²) in [5, 5.41) is 11.6. The number of hydrogen-bond donors (Lipinski definition) is 2. The van der Waals surface area contributed by atoms with Gasteiger partial charge in [-0.1, -0.05) is 52.3 Å².